The molecule has 2 nitrogen and oxygen atoms in total. The van der Waals surface area contributed by atoms with Gasteiger partial charge in [-0.05, 0) is 57.4 Å². The van der Waals surface area contributed by atoms with Gasteiger partial charge in [-0.2, -0.15) is 0 Å². The van der Waals surface area contributed by atoms with Crippen LogP contribution in [-0.4, -0.2) is 37.6 Å². The summed E-state index contributed by atoms with van der Waals surface area (Å²) in [6.45, 7) is 10.1. The predicted octanol–water partition coefficient (Wildman–Crippen LogP) is 2.45. The third-order valence-corrected chi connectivity index (χ3v) is 3.55. The molecule has 1 fully saturated rings. The molecule has 0 amide bonds. The first-order valence-corrected chi connectivity index (χ1v) is 6.38. The Morgan fingerprint density at radius 3 is 2.67 bits per heavy atom. The molecule has 3 heteroatoms. The Balaban J connectivity index is 2.08. The van der Waals surface area contributed by atoms with Gasteiger partial charge in [0.1, 0.15) is 0 Å². The largest absolute Gasteiger partial charge is 0.313 e. The van der Waals surface area contributed by atoms with Gasteiger partial charge < -0.3 is 10.2 Å². The minimum Gasteiger partial charge on any atom is -0.313 e. The fourth-order valence-electron chi connectivity index (χ4n) is 2.02. The van der Waals surface area contributed by atoms with Crippen LogP contribution in [0.4, 0.5) is 0 Å². The van der Waals surface area contributed by atoms with Crippen molar-refractivity contribution in [2.45, 2.75) is 26.7 Å². The Bertz CT molecular complexity index is 196. The van der Waals surface area contributed by atoms with Crippen molar-refractivity contribution < 1.29 is 0 Å². The summed E-state index contributed by atoms with van der Waals surface area (Å²) in [7, 11) is 0. The second-order valence-corrected chi connectivity index (χ2v) is 4.68. The van der Waals surface area contributed by atoms with Gasteiger partial charge in [0.25, 0.3) is 0 Å². The van der Waals surface area contributed by atoms with Crippen LogP contribution < -0.4 is 5.32 Å². The van der Waals surface area contributed by atoms with E-state index in [1.807, 2.05) is 0 Å². The standard InChI is InChI=1S/C12H23ClN2/c1-3-15-6-4-12(5-7-15)10-14-9-11(2)8-13/h8,12,14H,3-7,9-10H2,1-2H3. The Morgan fingerprint density at radius 2 is 2.13 bits per heavy atom. The lowest BCUT2D eigenvalue weighted by molar-refractivity contribution is 0.191. The summed E-state index contributed by atoms with van der Waals surface area (Å²) in [6.07, 6.45) is 2.68. The number of nitrogens with zero attached hydrogens (tertiary/aromatic N) is 1. The van der Waals surface area contributed by atoms with Crippen molar-refractivity contribution in [1.82, 2.24) is 10.2 Å². The predicted molar refractivity (Wildman–Crippen MR) is 67.3 cm³/mol. The SMILES string of the molecule is CCN1CCC(CNCC(C)=CCl)CC1. The molecule has 0 bridgehead atoms. The van der Waals surface area contributed by atoms with Crippen LogP contribution in [-0.2, 0) is 0 Å². The van der Waals surface area contributed by atoms with Crippen molar-refractivity contribution in [3.63, 3.8) is 0 Å². The van der Waals surface area contributed by atoms with E-state index in [1.165, 1.54) is 38.0 Å². The monoisotopic (exact) mass is 230 g/mol. The molecular weight excluding hydrogens is 208 g/mol. The fourth-order valence-corrected chi connectivity index (χ4v) is 2.10. The number of hydrogen-bond acceptors (Lipinski definition) is 2. The molecular formula is C12H23ClN2. The molecule has 0 aliphatic carbocycles. The molecule has 1 aliphatic heterocycles. The molecule has 0 atom stereocenters. The number of hydrogen-bond donors (Lipinski definition) is 1. The van der Waals surface area contributed by atoms with Gasteiger partial charge in [-0.15, -0.1) is 0 Å². The Kier molecular flexibility index (Phi) is 6.30. The second-order valence-electron chi connectivity index (χ2n) is 4.46. The van der Waals surface area contributed by atoms with Gasteiger partial charge in [-0.3, -0.25) is 0 Å². The zero-order valence-electron chi connectivity index (χ0n) is 9.93. The van der Waals surface area contributed by atoms with E-state index < -0.39 is 0 Å². The van der Waals surface area contributed by atoms with Gasteiger partial charge in [0.15, 0.2) is 0 Å². The molecule has 88 valence electrons. The molecule has 0 aromatic heterocycles. The first-order valence-electron chi connectivity index (χ1n) is 5.95. The normalized spacial score (nSPS) is 20.9. The summed E-state index contributed by atoms with van der Waals surface area (Å²) in [5, 5.41) is 3.47. The molecule has 1 aliphatic rings. The molecule has 1 saturated heterocycles. The van der Waals surface area contributed by atoms with Gasteiger partial charge in [0.2, 0.25) is 0 Å². The molecule has 0 spiro atoms. The average molecular weight is 231 g/mol. The highest BCUT2D eigenvalue weighted by Gasteiger charge is 2.17. The Morgan fingerprint density at radius 1 is 1.47 bits per heavy atom. The minimum atomic E-state index is 0.857. The average Bonchev–Trinajstić information content (AvgIpc) is 2.29. The van der Waals surface area contributed by atoms with Crippen molar-refractivity contribution in [2.24, 2.45) is 5.92 Å². The fraction of sp³-hybridized carbons (Fsp3) is 0.833. The number of rotatable bonds is 5. The third kappa shape index (κ3) is 5.01. The van der Waals surface area contributed by atoms with Gasteiger partial charge in [0, 0.05) is 12.1 Å². The van der Waals surface area contributed by atoms with E-state index in [0.717, 1.165) is 19.0 Å². The minimum absolute atomic E-state index is 0.857. The van der Waals surface area contributed by atoms with Crippen LogP contribution in [0.5, 0.6) is 0 Å². The van der Waals surface area contributed by atoms with Gasteiger partial charge in [-0.1, -0.05) is 18.5 Å². The summed E-state index contributed by atoms with van der Waals surface area (Å²) in [5.41, 5.74) is 2.87. The van der Waals surface area contributed by atoms with Gasteiger partial charge >= 0.3 is 0 Å². The molecule has 0 saturated carbocycles. The van der Waals surface area contributed by atoms with E-state index in [0.29, 0.717) is 0 Å². The van der Waals surface area contributed by atoms with E-state index in [-0.39, 0.29) is 0 Å². The molecule has 1 heterocycles. The second kappa shape index (κ2) is 7.26. The van der Waals surface area contributed by atoms with Crippen LogP contribution in [0, 0.1) is 5.92 Å². The Hall–Kier alpha value is -0.0500. The molecule has 15 heavy (non-hydrogen) atoms. The van der Waals surface area contributed by atoms with E-state index in [2.05, 4.69) is 24.1 Å². The summed E-state index contributed by atoms with van der Waals surface area (Å²) >= 11 is 5.60. The highest BCUT2D eigenvalue weighted by atomic mass is 35.5. The first-order chi connectivity index (χ1) is 7.26. The maximum Gasteiger partial charge on any atom is 0.0173 e. The van der Waals surface area contributed by atoms with Crippen molar-refractivity contribution in [3.8, 4) is 0 Å². The van der Waals surface area contributed by atoms with E-state index in [4.69, 9.17) is 11.6 Å². The van der Waals surface area contributed by atoms with Gasteiger partial charge in [0.05, 0.1) is 0 Å². The third-order valence-electron chi connectivity index (χ3n) is 3.18. The number of nitrogens with one attached hydrogen (secondary N) is 1. The molecule has 1 rings (SSSR count). The summed E-state index contributed by atoms with van der Waals surface area (Å²) < 4.78 is 0. The number of piperidine rings is 1. The maximum absolute atomic E-state index is 5.60. The summed E-state index contributed by atoms with van der Waals surface area (Å²) in [4.78, 5) is 2.53. The van der Waals surface area contributed by atoms with E-state index in [1.54, 1.807) is 5.54 Å². The molecule has 0 aromatic rings. The van der Waals surface area contributed by atoms with Crippen molar-refractivity contribution in [3.05, 3.63) is 11.1 Å². The highest BCUT2D eigenvalue weighted by molar-refractivity contribution is 6.25. The lowest BCUT2D eigenvalue weighted by Gasteiger charge is -2.31. The van der Waals surface area contributed by atoms with Crippen LogP contribution in [0.1, 0.15) is 26.7 Å². The molecule has 0 unspecified atom stereocenters. The highest BCUT2D eigenvalue weighted by Crippen LogP contribution is 2.15. The smallest absolute Gasteiger partial charge is 0.0173 e. The Labute approximate surface area is 98.7 Å². The quantitative estimate of drug-likeness (QED) is 0.781. The van der Waals surface area contributed by atoms with Crippen LogP contribution in [0.25, 0.3) is 0 Å². The lowest BCUT2D eigenvalue weighted by atomic mass is 9.97. The number of likely N-dealkylation sites (tertiary alicyclic amines) is 1. The lowest BCUT2D eigenvalue weighted by Crippen LogP contribution is -2.37. The van der Waals surface area contributed by atoms with Crippen molar-refractivity contribution >= 4 is 11.6 Å². The van der Waals surface area contributed by atoms with Crippen molar-refractivity contribution in [2.75, 3.05) is 32.7 Å². The zero-order valence-corrected chi connectivity index (χ0v) is 10.7. The van der Waals surface area contributed by atoms with Crippen LogP contribution in [0.3, 0.4) is 0 Å². The first kappa shape index (κ1) is 13.0. The summed E-state index contributed by atoms with van der Waals surface area (Å²) in [5.74, 6) is 0.857. The number of halogens is 1. The van der Waals surface area contributed by atoms with Crippen LogP contribution >= 0.6 is 11.6 Å². The van der Waals surface area contributed by atoms with Crippen LogP contribution in [0.2, 0.25) is 0 Å². The maximum atomic E-state index is 5.60. The molecule has 0 radical (unpaired) electrons. The van der Waals surface area contributed by atoms with Crippen molar-refractivity contribution in [1.29, 1.82) is 0 Å². The molecule has 1 N–H and O–H groups in total. The van der Waals surface area contributed by atoms with E-state index >= 15 is 0 Å². The molecule has 0 aromatic carbocycles. The zero-order chi connectivity index (χ0) is 11.1. The van der Waals surface area contributed by atoms with Gasteiger partial charge in [-0.25, -0.2) is 0 Å². The van der Waals surface area contributed by atoms with E-state index in [9.17, 15) is 0 Å². The topological polar surface area (TPSA) is 15.3 Å². The van der Waals surface area contributed by atoms with Crippen LogP contribution in [0.15, 0.2) is 11.1 Å². The summed E-state index contributed by atoms with van der Waals surface area (Å²) in [6, 6.07) is 0.